The van der Waals surface area contributed by atoms with Gasteiger partial charge in [0.2, 0.25) is 5.91 Å². The molecule has 0 aliphatic heterocycles. The minimum atomic E-state index is 0.00231. The van der Waals surface area contributed by atoms with Crippen molar-refractivity contribution in [3.63, 3.8) is 0 Å². The van der Waals surface area contributed by atoms with Gasteiger partial charge in [-0.25, -0.2) is 0 Å². The lowest BCUT2D eigenvalue weighted by Gasteiger charge is -2.06. The molecule has 0 radical (unpaired) electrons. The molecule has 1 aromatic carbocycles. The van der Waals surface area contributed by atoms with E-state index in [1.165, 1.54) is 0 Å². The first-order valence-electron chi connectivity index (χ1n) is 5.66. The van der Waals surface area contributed by atoms with Crippen LogP contribution in [0.3, 0.4) is 0 Å². The van der Waals surface area contributed by atoms with Gasteiger partial charge in [-0.3, -0.25) is 9.89 Å². The summed E-state index contributed by atoms with van der Waals surface area (Å²) in [6, 6.07) is 7.73. The number of aryl methyl sites for hydroxylation is 1. The number of nitrogens with one attached hydrogen (secondary N) is 2. The first-order chi connectivity index (χ1) is 8.66. The Morgan fingerprint density at radius 2 is 2.17 bits per heavy atom. The third kappa shape index (κ3) is 3.20. The average Bonchev–Trinajstić information content (AvgIpc) is 2.75. The first-order valence-corrected chi connectivity index (χ1v) is 6.45. The molecule has 0 saturated carbocycles. The van der Waals surface area contributed by atoms with Crippen LogP contribution in [0.1, 0.15) is 16.8 Å². The monoisotopic (exact) mass is 307 g/mol. The second-order valence-electron chi connectivity index (χ2n) is 4.07. The lowest BCUT2D eigenvalue weighted by Crippen LogP contribution is -2.24. The number of carbonyl (C=O) groups is 1. The normalized spacial score (nSPS) is 10.3. The summed E-state index contributed by atoms with van der Waals surface area (Å²) in [4.78, 5) is 11.8. The Bertz CT molecular complexity index is 551. The highest BCUT2D eigenvalue weighted by Crippen LogP contribution is 2.16. The Morgan fingerprint density at radius 1 is 1.39 bits per heavy atom. The van der Waals surface area contributed by atoms with Gasteiger partial charge < -0.3 is 5.32 Å². The SMILES string of the molecule is Cc1[nH]ncc1CNC(=O)Cc1ccccc1Br. The van der Waals surface area contributed by atoms with Gasteiger partial charge >= 0.3 is 0 Å². The van der Waals surface area contributed by atoms with Crippen molar-refractivity contribution in [3.8, 4) is 0 Å². The number of benzene rings is 1. The molecule has 2 rings (SSSR count). The van der Waals surface area contributed by atoms with E-state index in [1.54, 1.807) is 6.20 Å². The molecule has 2 aromatic rings. The van der Waals surface area contributed by atoms with Crippen molar-refractivity contribution in [1.82, 2.24) is 15.5 Å². The van der Waals surface area contributed by atoms with Gasteiger partial charge in [-0.05, 0) is 18.6 Å². The molecule has 0 atom stereocenters. The fourth-order valence-corrected chi connectivity index (χ4v) is 2.05. The van der Waals surface area contributed by atoms with Gasteiger partial charge in [-0.1, -0.05) is 34.1 Å². The van der Waals surface area contributed by atoms with Crippen molar-refractivity contribution >= 4 is 21.8 Å². The summed E-state index contributed by atoms with van der Waals surface area (Å²) in [6.07, 6.45) is 2.10. The quantitative estimate of drug-likeness (QED) is 0.911. The molecular weight excluding hydrogens is 294 g/mol. The summed E-state index contributed by atoms with van der Waals surface area (Å²) in [5, 5.41) is 9.64. The average molecular weight is 308 g/mol. The van der Waals surface area contributed by atoms with E-state index in [2.05, 4.69) is 31.4 Å². The molecule has 0 bridgehead atoms. The van der Waals surface area contributed by atoms with Crippen LogP contribution in [0.2, 0.25) is 0 Å². The highest BCUT2D eigenvalue weighted by Gasteiger charge is 2.07. The maximum Gasteiger partial charge on any atom is 0.224 e. The summed E-state index contributed by atoms with van der Waals surface area (Å²) in [5.41, 5.74) is 2.98. The van der Waals surface area contributed by atoms with Crippen molar-refractivity contribution in [1.29, 1.82) is 0 Å². The van der Waals surface area contributed by atoms with E-state index < -0.39 is 0 Å². The van der Waals surface area contributed by atoms with Gasteiger partial charge in [0.25, 0.3) is 0 Å². The number of amides is 1. The lowest BCUT2D eigenvalue weighted by atomic mass is 10.1. The van der Waals surface area contributed by atoms with Crippen molar-refractivity contribution in [2.45, 2.75) is 19.9 Å². The molecule has 2 N–H and O–H groups in total. The van der Waals surface area contributed by atoms with Crippen LogP contribution in [0.4, 0.5) is 0 Å². The summed E-state index contributed by atoms with van der Waals surface area (Å²) >= 11 is 3.43. The molecule has 1 amide bonds. The number of halogens is 1. The molecule has 0 saturated heterocycles. The van der Waals surface area contributed by atoms with Crippen LogP contribution in [0.25, 0.3) is 0 Å². The van der Waals surface area contributed by atoms with E-state index in [0.29, 0.717) is 13.0 Å². The number of H-pyrrole nitrogens is 1. The minimum Gasteiger partial charge on any atom is -0.352 e. The summed E-state index contributed by atoms with van der Waals surface area (Å²) in [6.45, 7) is 2.44. The molecule has 4 nitrogen and oxygen atoms in total. The van der Waals surface area contributed by atoms with Gasteiger partial charge in [-0.2, -0.15) is 5.10 Å². The van der Waals surface area contributed by atoms with Crippen molar-refractivity contribution < 1.29 is 4.79 Å². The third-order valence-corrected chi connectivity index (χ3v) is 3.49. The maximum absolute atomic E-state index is 11.8. The number of nitrogens with zero attached hydrogens (tertiary/aromatic N) is 1. The second kappa shape index (κ2) is 5.82. The summed E-state index contributed by atoms with van der Waals surface area (Å²) in [5.74, 6) is 0.00231. The fourth-order valence-electron chi connectivity index (χ4n) is 1.62. The van der Waals surface area contributed by atoms with Crippen LogP contribution in [0.15, 0.2) is 34.9 Å². The smallest absolute Gasteiger partial charge is 0.224 e. The molecule has 0 unspecified atom stereocenters. The molecule has 1 aromatic heterocycles. The molecule has 0 spiro atoms. The lowest BCUT2D eigenvalue weighted by molar-refractivity contribution is -0.120. The highest BCUT2D eigenvalue weighted by molar-refractivity contribution is 9.10. The van der Waals surface area contributed by atoms with E-state index in [4.69, 9.17) is 0 Å². The van der Waals surface area contributed by atoms with Gasteiger partial charge in [0, 0.05) is 22.3 Å². The van der Waals surface area contributed by atoms with Gasteiger partial charge in [0.15, 0.2) is 0 Å². The molecule has 1 heterocycles. The van der Waals surface area contributed by atoms with Crippen LogP contribution < -0.4 is 5.32 Å². The second-order valence-corrected chi connectivity index (χ2v) is 4.92. The topological polar surface area (TPSA) is 57.8 Å². The van der Waals surface area contributed by atoms with Gasteiger partial charge in [-0.15, -0.1) is 0 Å². The van der Waals surface area contributed by atoms with E-state index in [1.807, 2.05) is 31.2 Å². The van der Waals surface area contributed by atoms with Crippen molar-refractivity contribution in [2.75, 3.05) is 0 Å². The van der Waals surface area contributed by atoms with Gasteiger partial charge in [0.1, 0.15) is 0 Å². The molecule has 0 fully saturated rings. The van der Waals surface area contributed by atoms with Crippen LogP contribution in [0.5, 0.6) is 0 Å². The highest BCUT2D eigenvalue weighted by atomic mass is 79.9. The number of hydrogen-bond acceptors (Lipinski definition) is 2. The maximum atomic E-state index is 11.8. The number of aromatic nitrogens is 2. The summed E-state index contributed by atoms with van der Waals surface area (Å²) in [7, 11) is 0. The zero-order chi connectivity index (χ0) is 13.0. The minimum absolute atomic E-state index is 0.00231. The standard InChI is InChI=1S/C13H14BrN3O/c1-9-11(8-16-17-9)7-15-13(18)6-10-4-2-3-5-12(10)14/h2-5,8H,6-7H2,1H3,(H,15,18)(H,16,17). The third-order valence-electron chi connectivity index (χ3n) is 2.72. The molecule has 5 heteroatoms. The van der Waals surface area contributed by atoms with Crippen LogP contribution >= 0.6 is 15.9 Å². The molecular formula is C13H14BrN3O. The molecule has 18 heavy (non-hydrogen) atoms. The Balaban J connectivity index is 1.90. The fraction of sp³-hybridized carbons (Fsp3) is 0.231. The van der Waals surface area contributed by atoms with Crippen LogP contribution in [0, 0.1) is 6.92 Å². The number of hydrogen-bond donors (Lipinski definition) is 2. The molecule has 0 aliphatic rings. The largest absolute Gasteiger partial charge is 0.352 e. The number of aromatic amines is 1. The predicted molar refractivity (Wildman–Crippen MR) is 73.0 cm³/mol. The van der Waals surface area contributed by atoms with Gasteiger partial charge in [0.05, 0.1) is 12.6 Å². The zero-order valence-electron chi connectivity index (χ0n) is 10.0. The van der Waals surface area contributed by atoms with E-state index >= 15 is 0 Å². The van der Waals surface area contributed by atoms with Crippen LogP contribution in [-0.4, -0.2) is 16.1 Å². The van der Waals surface area contributed by atoms with Crippen molar-refractivity contribution in [3.05, 3.63) is 51.8 Å². The van der Waals surface area contributed by atoms with E-state index in [-0.39, 0.29) is 5.91 Å². The Hall–Kier alpha value is -1.62. The van der Waals surface area contributed by atoms with Crippen molar-refractivity contribution in [2.24, 2.45) is 0 Å². The summed E-state index contributed by atoms with van der Waals surface area (Å²) < 4.78 is 0.958. The number of rotatable bonds is 4. The van der Waals surface area contributed by atoms with E-state index in [0.717, 1.165) is 21.3 Å². The first kappa shape index (κ1) is 12.8. The predicted octanol–water partition coefficient (Wildman–Crippen LogP) is 2.34. The zero-order valence-corrected chi connectivity index (χ0v) is 11.6. The van der Waals surface area contributed by atoms with E-state index in [9.17, 15) is 4.79 Å². The Labute approximate surface area is 114 Å². The molecule has 94 valence electrons. The Kier molecular flexibility index (Phi) is 4.15. The number of carbonyl (C=O) groups excluding carboxylic acids is 1. The Morgan fingerprint density at radius 3 is 2.83 bits per heavy atom. The van der Waals surface area contributed by atoms with Crippen LogP contribution in [-0.2, 0) is 17.8 Å². The molecule has 0 aliphatic carbocycles.